The van der Waals surface area contributed by atoms with Gasteiger partial charge in [0, 0.05) is 32.3 Å². The zero-order chi connectivity index (χ0) is 15.2. The highest BCUT2D eigenvalue weighted by molar-refractivity contribution is 5.51. The van der Waals surface area contributed by atoms with Crippen molar-refractivity contribution < 1.29 is 14.1 Å². The smallest absolute Gasteiger partial charge is 0.295 e. The third-order valence-corrected chi connectivity index (χ3v) is 2.71. The fraction of sp³-hybridized carbons (Fsp3) is 0.333. The van der Waals surface area contributed by atoms with Gasteiger partial charge in [0.25, 0.3) is 5.69 Å². The number of rotatable bonds is 7. The number of aromatic nitrogens is 3. The zero-order valence-electron chi connectivity index (χ0n) is 11.3. The number of nitrogens with zero attached hydrogens (tertiary/aromatic N) is 4. The average Bonchev–Trinajstić information content (AvgIpc) is 2.92. The first-order valence-electron chi connectivity index (χ1n) is 6.17. The number of hydrogen-bond acceptors (Lipinski definition) is 6. The van der Waals surface area contributed by atoms with E-state index >= 15 is 0 Å². The predicted molar refractivity (Wildman–Crippen MR) is 71.6 cm³/mol. The molecule has 0 aliphatic rings. The van der Waals surface area contributed by atoms with Crippen LogP contribution in [0.15, 0.2) is 24.4 Å². The molecule has 1 aromatic heterocycles. The minimum absolute atomic E-state index is 0.0376. The van der Waals surface area contributed by atoms with Crippen LogP contribution < -0.4 is 5.32 Å². The lowest BCUT2D eigenvalue weighted by Crippen LogP contribution is -2.18. The SMILES string of the molecule is COCCNCc1cn(-c2cc(F)ccc2[N+](=O)[O-])nn1. The van der Waals surface area contributed by atoms with Crippen molar-refractivity contribution in [3.63, 3.8) is 0 Å². The Bertz CT molecular complexity index is 631. The first-order chi connectivity index (χ1) is 10.1. The van der Waals surface area contributed by atoms with Crippen molar-refractivity contribution >= 4 is 5.69 Å². The third-order valence-electron chi connectivity index (χ3n) is 2.71. The lowest BCUT2D eigenvalue weighted by molar-refractivity contribution is -0.384. The molecule has 0 radical (unpaired) electrons. The molecule has 0 spiro atoms. The highest BCUT2D eigenvalue weighted by Crippen LogP contribution is 2.22. The van der Waals surface area contributed by atoms with Crippen LogP contribution in [-0.4, -0.2) is 40.2 Å². The second-order valence-electron chi connectivity index (χ2n) is 4.21. The summed E-state index contributed by atoms with van der Waals surface area (Å²) in [4.78, 5) is 10.4. The Hall–Kier alpha value is -2.39. The minimum atomic E-state index is -0.590. The Kier molecular flexibility index (Phi) is 4.90. The van der Waals surface area contributed by atoms with E-state index in [-0.39, 0.29) is 11.4 Å². The molecule has 0 saturated heterocycles. The molecule has 0 aliphatic heterocycles. The molecule has 21 heavy (non-hydrogen) atoms. The number of nitro groups is 1. The van der Waals surface area contributed by atoms with E-state index in [0.717, 1.165) is 18.2 Å². The molecule has 1 N–H and O–H groups in total. The maximum Gasteiger partial charge on any atom is 0.295 e. The van der Waals surface area contributed by atoms with Crippen molar-refractivity contribution in [2.24, 2.45) is 0 Å². The number of halogens is 1. The van der Waals surface area contributed by atoms with Gasteiger partial charge in [-0.05, 0) is 6.07 Å². The van der Waals surface area contributed by atoms with Crippen molar-refractivity contribution in [2.75, 3.05) is 20.3 Å². The van der Waals surface area contributed by atoms with E-state index in [4.69, 9.17) is 4.74 Å². The summed E-state index contributed by atoms with van der Waals surface area (Å²) in [5.74, 6) is -0.578. The summed E-state index contributed by atoms with van der Waals surface area (Å²) in [5, 5.41) is 21.7. The van der Waals surface area contributed by atoms with Gasteiger partial charge in [-0.1, -0.05) is 5.21 Å². The van der Waals surface area contributed by atoms with E-state index in [2.05, 4.69) is 15.6 Å². The number of ether oxygens (including phenoxy) is 1. The van der Waals surface area contributed by atoms with Gasteiger partial charge in [0.05, 0.1) is 23.4 Å². The number of benzene rings is 1. The molecule has 112 valence electrons. The van der Waals surface area contributed by atoms with Crippen LogP contribution in [0.1, 0.15) is 5.69 Å². The fourth-order valence-electron chi connectivity index (χ4n) is 1.72. The first-order valence-corrected chi connectivity index (χ1v) is 6.17. The topological polar surface area (TPSA) is 95.1 Å². The maximum absolute atomic E-state index is 13.3. The van der Waals surface area contributed by atoms with E-state index in [1.54, 1.807) is 7.11 Å². The molecule has 0 saturated carbocycles. The van der Waals surface area contributed by atoms with Crippen molar-refractivity contribution in [1.82, 2.24) is 20.3 Å². The highest BCUT2D eigenvalue weighted by Gasteiger charge is 2.17. The molecular weight excluding hydrogens is 281 g/mol. The molecule has 0 amide bonds. The van der Waals surface area contributed by atoms with Crippen LogP contribution in [0.25, 0.3) is 5.69 Å². The van der Waals surface area contributed by atoms with Gasteiger partial charge in [0.1, 0.15) is 11.5 Å². The summed E-state index contributed by atoms with van der Waals surface area (Å²) in [7, 11) is 1.60. The summed E-state index contributed by atoms with van der Waals surface area (Å²) in [5.41, 5.74) is 0.389. The Morgan fingerprint density at radius 2 is 2.33 bits per heavy atom. The monoisotopic (exact) mass is 295 g/mol. The molecule has 9 heteroatoms. The molecule has 0 fully saturated rings. The van der Waals surface area contributed by atoms with Gasteiger partial charge >= 0.3 is 0 Å². The Morgan fingerprint density at radius 3 is 3.05 bits per heavy atom. The summed E-state index contributed by atoms with van der Waals surface area (Å²) < 4.78 is 19.4. The third kappa shape index (κ3) is 3.80. The number of methoxy groups -OCH3 is 1. The van der Waals surface area contributed by atoms with Gasteiger partial charge in [-0.15, -0.1) is 5.10 Å². The molecule has 0 bridgehead atoms. The van der Waals surface area contributed by atoms with Crippen LogP contribution in [-0.2, 0) is 11.3 Å². The number of hydrogen-bond donors (Lipinski definition) is 1. The van der Waals surface area contributed by atoms with Crippen molar-refractivity contribution in [3.8, 4) is 5.69 Å². The van der Waals surface area contributed by atoms with Gasteiger partial charge < -0.3 is 10.1 Å². The summed E-state index contributed by atoms with van der Waals surface area (Å²) in [6, 6.07) is 3.18. The van der Waals surface area contributed by atoms with Gasteiger partial charge in [0.2, 0.25) is 0 Å². The van der Waals surface area contributed by atoms with Crippen LogP contribution in [0.2, 0.25) is 0 Å². The van der Waals surface area contributed by atoms with E-state index < -0.39 is 10.7 Å². The van der Waals surface area contributed by atoms with Crippen LogP contribution in [0.3, 0.4) is 0 Å². The molecule has 1 heterocycles. The van der Waals surface area contributed by atoms with E-state index in [1.807, 2.05) is 0 Å². The molecule has 1 aromatic carbocycles. The Balaban J connectivity index is 2.17. The van der Waals surface area contributed by atoms with Crippen LogP contribution >= 0.6 is 0 Å². The zero-order valence-corrected chi connectivity index (χ0v) is 11.3. The van der Waals surface area contributed by atoms with E-state index in [9.17, 15) is 14.5 Å². The molecule has 0 unspecified atom stereocenters. The molecular formula is C12H14FN5O3. The van der Waals surface area contributed by atoms with Gasteiger partial charge in [-0.3, -0.25) is 10.1 Å². The minimum Gasteiger partial charge on any atom is -0.383 e. The van der Waals surface area contributed by atoms with E-state index in [0.29, 0.717) is 25.4 Å². The molecule has 2 aromatic rings. The van der Waals surface area contributed by atoms with Crippen LogP contribution in [0.5, 0.6) is 0 Å². The average molecular weight is 295 g/mol. The van der Waals surface area contributed by atoms with Gasteiger partial charge in [0.15, 0.2) is 0 Å². The van der Waals surface area contributed by atoms with Crippen molar-refractivity contribution in [2.45, 2.75) is 6.54 Å². The second kappa shape index (κ2) is 6.86. The van der Waals surface area contributed by atoms with Gasteiger partial charge in [-0.2, -0.15) is 0 Å². The summed E-state index contributed by atoms with van der Waals surface area (Å²) in [6.07, 6.45) is 1.52. The Morgan fingerprint density at radius 1 is 1.52 bits per heavy atom. The van der Waals surface area contributed by atoms with Crippen molar-refractivity contribution in [1.29, 1.82) is 0 Å². The molecule has 0 atom stereocenters. The summed E-state index contributed by atoms with van der Waals surface area (Å²) >= 11 is 0. The lowest BCUT2D eigenvalue weighted by Gasteiger charge is -2.02. The molecule has 2 rings (SSSR count). The van der Waals surface area contributed by atoms with Crippen LogP contribution in [0.4, 0.5) is 10.1 Å². The standard InChI is InChI=1S/C12H14FN5O3/c1-21-5-4-14-7-10-8-17(16-15-10)12-6-9(13)2-3-11(12)18(19)20/h2-3,6,8,14H,4-5,7H2,1H3. The normalized spacial score (nSPS) is 10.8. The first kappa shape index (κ1) is 15.0. The van der Waals surface area contributed by atoms with E-state index in [1.165, 1.54) is 10.9 Å². The fourth-order valence-corrected chi connectivity index (χ4v) is 1.72. The molecule has 0 aliphatic carbocycles. The quantitative estimate of drug-likeness (QED) is 0.466. The number of nitro benzene ring substituents is 1. The largest absolute Gasteiger partial charge is 0.383 e. The molecule has 8 nitrogen and oxygen atoms in total. The predicted octanol–water partition coefficient (Wildman–Crippen LogP) is 1.05. The lowest BCUT2D eigenvalue weighted by atomic mass is 10.2. The van der Waals surface area contributed by atoms with Crippen LogP contribution in [0, 0.1) is 15.9 Å². The number of nitrogens with one attached hydrogen (secondary N) is 1. The second-order valence-corrected chi connectivity index (χ2v) is 4.21. The highest BCUT2D eigenvalue weighted by atomic mass is 19.1. The summed E-state index contributed by atoms with van der Waals surface area (Å²) in [6.45, 7) is 1.64. The Labute approximate surface area is 119 Å². The maximum atomic E-state index is 13.3. The van der Waals surface area contributed by atoms with Crippen molar-refractivity contribution in [3.05, 3.63) is 46.0 Å². The van der Waals surface area contributed by atoms with Gasteiger partial charge in [-0.25, -0.2) is 9.07 Å².